The molecular formula is C13H19BrO2S. The molecule has 2 N–H and O–H groups in total. The van der Waals surface area contributed by atoms with Crippen LogP contribution in [0.3, 0.4) is 0 Å². The van der Waals surface area contributed by atoms with Gasteiger partial charge in [0.2, 0.25) is 0 Å². The van der Waals surface area contributed by atoms with Crippen LogP contribution in [-0.4, -0.2) is 23.4 Å². The number of thiophene rings is 1. The lowest BCUT2D eigenvalue weighted by Gasteiger charge is -2.35. The van der Waals surface area contributed by atoms with E-state index in [-0.39, 0.29) is 18.6 Å². The van der Waals surface area contributed by atoms with Crippen LogP contribution < -0.4 is 0 Å². The quantitative estimate of drug-likeness (QED) is 0.875. The number of aliphatic hydroxyl groups is 2. The van der Waals surface area contributed by atoms with Gasteiger partial charge in [-0.25, -0.2) is 0 Å². The van der Waals surface area contributed by atoms with Crippen LogP contribution in [0.1, 0.15) is 30.6 Å². The second kappa shape index (κ2) is 5.83. The third kappa shape index (κ3) is 2.92. The lowest BCUT2D eigenvalue weighted by molar-refractivity contribution is 0.00633. The normalized spacial score (nSPS) is 17.8. The van der Waals surface area contributed by atoms with E-state index in [4.69, 9.17) is 0 Å². The summed E-state index contributed by atoms with van der Waals surface area (Å²) >= 11 is 5.15. The molecule has 0 aromatic carbocycles. The van der Waals surface area contributed by atoms with Crippen molar-refractivity contribution in [3.8, 4) is 0 Å². The Balaban J connectivity index is 2.15. The predicted molar refractivity (Wildman–Crippen MR) is 74.3 cm³/mol. The standard InChI is InChI=1S/C13H19BrO2S/c14-11-5-12(17-7-11)6-13(8-15,9-16)10-3-1-2-4-10/h5,7,10,15-16H,1-4,6,8-9H2. The second-order valence-electron chi connectivity index (χ2n) is 5.07. The fourth-order valence-corrected chi connectivity index (χ4v) is 4.50. The smallest absolute Gasteiger partial charge is 0.0515 e. The zero-order valence-corrected chi connectivity index (χ0v) is 12.3. The number of halogens is 1. The van der Waals surface area contributed by atoms with Gasteiger partial charge in [0.05, 0.1) is 13.2 Å². The minimum absolute atomic E-state index is 0.0870. The Morgan fingerprint density at radius 3 is 2.41 bits per heavy atom. The SMILES string of the molecule is OCC(CO)(Cc1cc(Br)cs1)C1CCCC1. The molecular weight excluding hydrogens is 300 g/mol. The maximum absolute atomic E-state index is 9.74. The van der Waals surface area contributed by atoms with Crippen LogP contribution in [0.15, 0.2) is 15.9 Å². The van der Waals surface area contributed by atoms with Crippen molar-refractivity contribution in [1.29, 1.82) is 0 Å². The Labute approximate surface area is 115 Å². The van der Waals surface area contributed by atoms with Gasteiger partial charge in [0.15, 0.2) is 0 Å². The average Bonchev–Trinajstić information content (AvgIpc) is 2.98. The topological polar surface area (TPSA) is 40.5 Å². The number of aliphatic hydroxyl groups excluding tert-OH is 2. The summed E-state index contributed by atoms with van der Waals surface area (Å²) in [5.74, 6) is 0.471. The van der Waals surface area contributed by atoms with Gasteiger partial charge in [-0.2, -0.15) is 0 Å². The highest BCUT2D eigenvalue weighted by Crippen LogP contribution is 2.42. The number of rotatable bonds is 5. The molecule has 1 aliphatic carbocycles. The zero-order chi connectivity index (χ0) is 12.3. The summed E-state index contributed by atoms with van der Waals surface area (Å²) in [4.78, 5) is 1.24. The van der Waals surface area contributed by atoms with Gasteiger partial charge in [-0.15, -0.1) is 11.3 Å². The third-order valence-corrected chi connectivity index (χ3v) is 5.70. The minimum atomic E-state index is -0.319. The molecule has 1 heterocycles. The summed E-state index contributed by atoms with van der Waals surface area (Å²) in [6.45, 7) is 0.174. The molecule has 0 radical (unpaired) electrons. The molecule has 0 spiro atoms. The molecule has 0 amide bonds. The molecule has 1 saturated carbocycles. The molecule has 4 heteroatoms. The molecule has 1 fully saturated rings. The largest absolute Gasteiger partial charge is 0.396 e. The molecule has 0 bridgehead atoms. The summed E-state index contributed by atoms with van der Waals surface area (Å²) in [5, 5.41) is 21.5. The van der Waals surface area contributed by atoms with E-state index in [0.29, 0.717) is 5.92 Å². The van der Waals surface area contributed by atoms with Gasteiger partial charge in [-0.1, -0.05) is 12.8 Å². The summed E-state index contributed by atoms with van der Waals surface area (Å²) < 4.78 is 1.09. The van der Waals surface area contributed by atoms with E-state index in [1.807, 2.05) is 0 Å². The molecule has 96 valence electrons. The molecule has 1 aromatic rings. The first kappa shape index (κ1) is 13.5. The number of hydrogen-bond acceptors (Lipinski definition) is 3. The van der Waals surface area contributed by atoms with E-state index in [0.717, 1.165) is 23.7 Å². The van der Waals surface area contributed by atoms with Gasteiger partial charge in [-0.05, 0) is 47.2 Å². The molecule has 0 unspecified atom stereocenters. The third-order valence-electron chi connectivity index (χ3n) is 4.00. The highest BCUT2D eigenvalue weighted by molar-refractivity contribution is 9.10. The van der Waals surface area contributed by atoms with Crippen LogP contribution >= 0.6 is 27.3 Å². The summed E-state index contributed by atoms with van der Waals surface area (Å²) in [7, 11) is 0. The van der Waals surface area contributed by atoms with Gasteiger partial charge in [0, 0.05) is 20.1 Å². The Kier molecular flexibility index (Phi) is 4.64. The van der Waals surface area contributed by atoms with E-state index in [1.54, 1.807) is 11.3 Å². The highest BCUT2D eigenvalue weighted by Gasteiger charge is 2.39. The molecule has 0 saturated heterocycles. The lowest BCUT2D eigenvalue weighted by Crippen LogP contribution is -2.38. The van der Waals surface area contributed by atoms with Crippen LogP contribution in [0.4, 0.5) is 0 Å². The average molecular weight is 319 g/mol. The molecule has 0 aliphatic heterocycles. The van der Waals surface area contributed by atoms with Crippen molar-refractivity contribution in [2.24, 2.45) is 11.3 Å². The molecule has 0 atom stereocenters. The van der Waals surface area contributed by atoms with Crippen LogP contribution in [-0.2, 0) is 6.42 Å². The van der Waals surface area contributed by atoms with Crippen molar-refractivity contribution in [1.82, 2.24) is 0 Å². The Morgan fingerprint density at radius 2 is 1.94 bits per heavy atom. The fraction of sp³-hybridized carbons (Fsp3) is 0.692. The van der Waals surface area contributed by atoms with Crippen LogP contribution in [0.5, 0.6) is 0 Å². The lowest BCUT2D eigenvalue weighted by atomic mass is 9.72. The summed E-state index contributed by atoms with van der Waals surface area (Å²) in [6, 6.07) is 2.10. The first-order valence-electron chi connectivity index (χ1n) is 6.15. The van der Waals surface area contributed by atoms with Gasteiger partial charge in [0.25, 0.3) is 0 Å². The molecule has 1 aliphatic rings. The van der Waals surface area contributed by atoms with Gasteiger partial charge >= 0.3 is 0 Å². The van der Waals surface area contributed by atoms with E-state index >= 15 is 0 Å². The van der Waals surface area contributed by atoms with Crippen molar-refractivity contribution < 1.29 is 10.2 Å². The van der Waals surface area contributed by atoms with Gasteiger partial charge in [0.1, 0.15) is 0 Å². The molecule has 1 aromatic heterocycles. The Morgan fingerprint density at radius 1 is 1.29 bits per heavy atom. The monoisotopic (exact) mass is 318 g/mol. The van der Waals surface area contributed by atoms with E-state index in [1.165, 1.54) is 17.7 Å². The van der Waals surface area contributed by atoms with Gasteiger partial charge < -0.3 is 10.2 Å². The molecule has 2 rings (SSSR count). The predicted octanol–water partition coefficient (Wildman–Crippen LogP) is 3.21. The number of hydrogen-bond donors (Lipinski definition) is 2. The van der Waals surface area contributed by atoms with Gasteiger partial charge in [-0.3, -0.25) is 0 Å². The first-order chi connectivity index (χ1) is 8.20. The molecule has 17 heavy (non-hydrogen) atoms. The van der Waals surface area contributed by atoms with Crippen molar-refractivity contribution >= 4 is 27.3 Å². The van der Waals surface area contributed by atoms with Crippen molar-refractivity contribution in [3.05, 3.63) is 20.8 Å². The Bertz CT molecular complexity index is 354. The highest BCUT2D eigenvalue weighted by atomic mass is 79.9. The van der Waals surface area contributed by atoms with Crippen molar-refractivity contribution in [2.45, 2.75) is 32.1 Å². The minimum Gasteiger partial charge on any atom is -0.396 e. The Hall–Kier alpha value is 0.1000. The summed E-state index contributed by atoms with van der Waals surface area (Å²) in [5.41, 5.74) is -0.319. The van der Waals surface area contributed by atoms with E-state index < -0.39 is 0 Å². The van der Waals surface area contributed by atoms with E-state index in [2.05, 4.69) is 27.4 Å². The maximum Gasteiger partial charge on any atom is 0.0515 e. The maximum atomic E-state index is 9.74. The second-order valence-corrected chi connectivity index (χ2v) is 6.98. The van der Waals surface area contributed by atoms with E-state index in [9.17, 15) is 10.2 Å². The zero-order valence-electron chi connectivity index (χ0n) is 9.86. The summed E-state index contributed by atoms with van der Waals surface area (Å²) in [6.07, 6.45) is 5.56. The van der Waals surface area contributed by atoms with Crippen LogP contribution in [0.2, 0.25) is 0 Å². The van der Waals surface area contributed by atoms with Crippen molar-refractivity contribution in [3.63, 3.8) is 0 Å². The fourth-order valence-electron chi connectivity index (χ4n) is 2.90. The van der Waals surface area contributed by atoms with Crippen molar-refractivity contribution in [2.75, 3.05) is 13.2 Å². The first-order valence-corrected chi connectivity index (χ1v) is 7.82. The van der Waals surface area contributed by atoms with Crippen LogP contribution in [0, 0.1) is 11.3 Å². The molecule has 2 nitrogen and oxygen atoms in total. The van der Waals surface area contributed by atoms with Crippen LogP contribution in [0.25, 0.3) is 0 Å².